The molecule has 1 saturated carbocycles. The van der Waals surface area contributed by atoms with E-state index in [0.29, 0.717) is 0 Å². The minimum Gasteiger partial charge on any atom is -0.107 e. The lowest BCUT2D eigenvalue weighted by atomic mass is 10.2. The average molecular weight is 128 g/mol. The Kier molecular flexibility index (Phi) is 2.94. The molecule has 0 amide bonds. The van der Waals surface area contributed by atoms with Crippen LogP contribution < -0.4 is 0 Å². The molecule has 1 aliphatic rings. The molecule has 1 heteroatoms. The molecule has 0 aliphatic heterocycles. The van der Waals surface area contributed by atoms with Gasteiger partial charge in [0.15, 0.2) is 0 Å². The van der Waals surface area contributed by atoms with Crippen LogP contribution in [-0.2, 0) is 0 Å². The average Bonchev–Trinajstić information content (AvgIpc) is 1.94. The molecule has 8 heavy (non-hydrogen) atoms. The second-order valence-corrected chi connectivity index (χ2v) is 3.69. The third kappa shape index (κ3) is 2.20. The quantitative estimate of drug-likeness (QED) is 0.347. The van der Waals surface area contributed by atoms with E-state index in [1.807, 2.05) is 0 Å². The highest BCUT2D eigenvalue weighted by Crippen LogP contribution is 2.23. The zero-order valence-electron chi connectivity index (χ0n) is 5.40. The van der Waals surface area contributed by atoms with Crippen molar-refractivity contribution in [2.24, 2.45) is 0 Å². The van der Waals surface area contributed by atoms with Crippen molar-refractivity contribution >= 4 is 16.3 Å². The summed E-state index contributed by atoms with van der Waals surface area (Å²) in [7, 11) is 0. The first-order valence-electron chi connectivity index (χ1n) is 3.65. The monoisotopic (exact) mass is 128 g/mol. The van der Waals surface area contributed by atoms with Crippen LogP contribution >= 0.6 is 0 Å². The lowest BCUT2D eigenvalue weighted by Gasteiger charge is -2.04. The Bertz CT molecular complexity index is 60.6. The third-order valence-electron chi connectivity index (χ3n) is 1.90. The van der Waals surface area contributed by atoms with Gasteiger partial charge in [0, 0.05) is 2.85 Å². The Hall–Kier alpha value is 0.532. The third-order valence-corrected chi connectivity index (χ3v) is 2.57. The first kappa shape index (κ1) is 6.65. The molecule has 0 N–H and O–H groups in total. The SMILES string of the molecule is [Al][CH]1CCCCCC1.[HH].[HH]. The van der Waals surface area contributed by atoms with E-state index in [-0.39, 0.29) is 2.85 Å². The van der Waals surface area contributed by atoms with Crippen molar-refractivity contribution in [2.45, 2.75) is 43.3 Å². The lowest BCUT2D eigenvalue weighted by Crippen LogP contribution is -1.87. The van der Waals surface area contributed by atoms with Crippen molar-refractivity contribution in [2.75, 3.05) is 0 Å². The van der Waals surface area contributed by atoms with E-state index in [4.69, 9.17) is 0 Å². The van der Waals surface area contributed by atoms with Gasteiger partial charge in [0.1, 0.15) is 16.3 Å². The molecule has 48 valence electrons. The van der Waals surface area contributed by atoms with Gasteiger partial charge in [-0.3, -0.25) is 0 Å². The van der Waals surface area contributed by atoms with Gasteiger partial charge in [0.2, 0.25) is 0 Å². The zero-order valence-corrected chi connectivity index (χ0v) is 6.55. The molecular formula is C7H17Al. The summed E-state index contributed by atoms with van der Waals surface area (Å²) in [6.45, 7) is 0. The summed E-state index contributed by atoms with van der Waals surface area (Å²) in [5.74, 6) is 0. The molecule has 0 nitrogen and oxygen atoms in total. The van der Waals surface area contributed by atoms with Gasteiger partial charge >= 0.3 is 0 Å². The molecule has 0 unspecified atom stereocenters. The molecule has 1 rings (SSSR count). The fraction of sp³-hybridized carbons (Fsp3) is 1.00. The number of rotatable bonds is 0. The molecule has 0 saturated heterocycles. The van der Waals surface area contributed by atoms with Gasteiger partial charge in [0.25, 0.3) is 0 Å². The van der Waals surface area contributed by atoms with Crippen LogP contribution in [0.3, 0.4) is 0 Å². The van der Waals surface area contributed by atoms with Crippen LogP contribution in [0.25, 0.3) is 0 Å². The van der Waals surface area contributed by atoms with Gasteiger partial charge in [-0.15, -0.1) is 4.78 Å². The van der Waals surface area contributed by atoms with E-state index in [1.165, 1.54) is 38.5 Å². The Labute approximate surface area is 63.1 Å². The lowest BCUT2D eigenvalue weighted by molar-refractivity contribution is 0.700. The molecule has 0 bridgehead atoms. The van der Waals surface area contributed by atoms with E-state index in [1.54, 1.807) is 0 Å². The van der Waals surface area contributed by atoms with Crippen LogP contribution in [0.15, 0.2) is 0 Å². The van der Waals surface area contributed by atoms with Crippen molar-refractivity contribution < 1.29 is 2.85 Å². The van der Waals surface area contributed by atoms with E-state index in [2.05, 4.69) is 16.3 Å². The largest absolute Gasteiger partial charge is 0.123 e. The van der Waals surface area contributed by atoms with Crippen LogP contribution in [0.2, 0.25) is 4.78 Å². The maximum Gasteiger partial charge on any atom is 0.123 e. The maximum atomic E-state index is 2.94. The smallest absolute Gasteiger partial charge is 0.107 e. The van der Waals surface area contributed by atoms with Crippen molar-refractivity contribution in [3.8, 4) is 0 Å². The minimum absolute atomic E-state index is 0. The second kappa shape index (κ2) is 3.54. The van der Waals surface area contributed by atoms with Gasteiger partial charge < -0.3 is 0 Å². The minimum atomic E-state index is 0. The highest BCUT2D eigenvalue weighted by atomic mass is 27.0. The van der Waals surface area contributed by atoms with Crippen LogP contribution in [0, 0.1) is 0 Å². The highest BCUT2D eigenvalue weighted by Gasteiger charge is 2.04. The number of hydrogen-bond donors (Lipinski definition) is 0. The Morgan fingerprint density at radius 1 is 1.00 bits per heavy atom. The molecule has 0 aromatic heterocycles. The van der Waals surface area contributed by atoms with Crippen LogP contribution in [-0.4, -0.2) is 16.3 Å². The van der Waals surface area contributed by atoms with E-state index in [9.17, 15) is 0 Å². The Morgan fingerprint density at radius 2 is 1.50 bits per heavy atom. The van der Waals surface area contributed by atoms with Crippen molar-refractivity contribution in [1.29, 1.82) is 0 Å². The molecule has 1 fully saturated rings. The normalized spacial score (nSPS) is 25.0. The Balaban J connectivity index is 0. The summed E-state index contributed by atoms with van der Waals surface area (Å²) >= 11 is 2.94. The van der Waals surface area contributed by atoms with E-state index < -0.39 is 0 Å². The Morgan fingerprint density at radius 3 is 2.00 bits per heavy atom. The van der Waals surface area contributed by atoms with Gasteiger partial charge in [-0.25, -0.2) is 0 Å². The summed E-state index contributed by atoms with van der Waals surface area (Å²) in [6.07, 6.45) is 8.79. The summed E-state index contributed by atoms with van der Waals surface area (Å²) in [5, 5.41) is 0. The first-order valence-corrected chi connectivity index (χ1v) is 4.32. The molecule has 1 aliphatic carbocycles. The predicted molar refractivity (Wildman–Crippen MR) is 41.4 cm³/mol. The van der Waals surface area contributed by atoms with Crippen molar-refractivity contribution in [3.63, 3.8) is 0 Å². The molecule has 0 atom stereocenters. The fourth-order valence-corrected chi connectivity index (χ4v) is 1.78. The van der Waals surface area contributed by atoms with E-state index >= 15 is 0 Å². The molecule has 0 aromatic carbocycles. The molecule has 2 radical (unpaired) electrons. The first-order chi connectivity index (χ1) is 3.89. The molecule has 0 heterocycles. The van der Waals surface area contributed by atoms with Gasteiger partial charge in [0.05, 0.1) is 0 Å². The molecule has 0 spiro atoms. The van der Waals surface area contributed by atoms with Crippen LogP contribution in [0.1, 0.15) is 41.4 Å². The summed E-state index contributed by atoms with van der Waals surface area (Å²) < 4.78 is 0.942. The standard InChI is InChI=1S/C7H13.Al.2H2/c1-2-4-6-7-5-3-1;;;/h1H,2-7H2;;2*1H. The van der Waals surface area contributed by atoms with Crippen molar-refractivity contribution in [1.82, 2.24) is 0 Å². The zero-order chi connectivity index (χ0) is 5.82. The molecular weight excluding hydrogens is 111 g/mol. The van der Waals surface area contributed by atoms with Gasteiger partial charge in [-0.2, -0.15) is 0 Å². The second-order valence-electron chi connectivity index (χ2n) is 2.75. The van der Waals surface area contributed by atoms with Gasteiger partial charge in [-0.05, 0) is 0 Å². The van der Waals surface area contributed by atoms with Gasteiger partial charge in [-0.1, -0.05) is 38.5 Å². The maximum absolute atomic E-state index is 2.94. The predicted octanol–water partition coefficient (Wildman–Crippen LogP) is 2.79. The summed E-state index contributed by atoms with van der Waals surface area (Å²) in [6, 6.07) is 0. The highest BCUT2D eigenvalue weighted by molar-refractivity contribution is 6.11. The van der Waals surface area contributed by atoms with Crippen molar-refractivity contribution in [3.05, 3.63) is 0 Å². The topological polar surface area (TPSA) is 0 Å². The molecule has 0 aromatic rings. The van der Waals surface area contributed by atoms with Crippen LogP contribution in [0.4, 0.5) is 0 Å². The number of hydrogen-bond acceptors (Lipinski definition) is 0. The summed E-state index contributed by atoms with van der Waals surface area (Å²) in [5.41, 5.74) is 0. The van der Waals surface area contributed by atoms with E-state index in [0.717, 1.165) is 4.78 Å². The fourth-order valence-electron chi connectivity index (χ4n) is 1.31. The summed E-state index contributed by atoms with van der Waals surface area (Å²) in [4.78, 5) is 0. The van der Waals surface area contributed by atoms with Crippen LogP contribution in [0.5, 0.6) is 0 Å².